The van der Waals surface area contributed by atoms with E-state index >= 15 is 0 Å². The molecule has 1 aromatic carbocycles. The summed E-state index contributed by atoms with van der Waals surface area (Å²) in [4.78, 5) is 25.1. The van der Waals surface area contributed by atoms with Crippen LogP contribution in [0.4, 0.5) is 10.1 Å². The van der Waals surface area contributed by atoms with E-state index in [2.05, 4.69) is 0 Å². The molecule has 0 atom stereocenters. The second-order valence-corrected chi connectivity index (χ2v) is 4.69. The van der Waals surface area contributed by atoms with Gasteiger partial charge in [0.1, 0.15) is 5.82 Å². The Morgan fingerprint density at radius 2 is 1.95 bits per heavy atom. The molecule has 4 nitrogen and oxygen atoms in total. The van der Waals surface area contributed by atoms with Gasteiger partial charge in [0.05, 0.1) is 11.3 Å². The highest BCUT2D eigenvalue weighted by atomic mass is 19.1. The number of ketones is 1. The number of rotatable bonds is 5. The topological polar surface area (TPSA) is 57.6 Å². The van der Waals surface area contributed by atoms with Gasteiger partial charge in [-0.25, -0.2) is 4.39 Å². The molecule has 1 amide bonds. The summed E-state index contributed by atoms with van der Waals surface area (Å²) in [6.45, 7) is 2.23. The van der Waals surface area contributed by atoms with Crippen molar-refractivity contribution in [1.82, 2.24) is 0 Å². The molecule has 0 unspecified atom stereocenters. The summed E-state index contributed by atoms with van der Waals surface area (Å²) in [5, 5.41) is 8.71. The van der Waals surface area contributed by atoms with Crippen LogP contribution in [-0.4, -0.2) is 29.9 Å². The molecule has 1 N–H and O–H groups in total. The monoisotopic (exact) mass is 265 g/mol. The Kier molecular flexibility index (Phi) is 3.95. The first-order valence-electron chi connectivity index (χ1n) is 6.33. The Labute approximate surface area is 110 Å². The third-order valence-electron chi connectivity index (χ3n) is 3.26. The lowest BCUT2D eigenvalue weighted by Crippen LogP contribution is -2.31. The zero-order valence-corrected chi connectivity index (χ0v) is 10.8. The minimum absolute atomic E-state index is 0.119. The Morgan fingerprint density at radius 1 is 1.21 bits per heavy atom. The number of hydrogen-bond acceptors (Lipinski definition) is 3. The second-order valence-electron chi connectivity index (χ2n) is 4.69. The van der Waals surface area contributed by atoms with Crippen LogP contribution in [0.3, 0.4) is 0 Å². The molecule has 0 spiro atoms. The van der Waals surface area contributed by atoms with Gasteiger partial charge in [0.2, 0.25) is 0 Å². The minimum atomic E-state index is -0.639. The third-order valence-corrected chi connectivity index (χ3v) is 3.26. The van der Waals surface area contributed by atoms with Crippen LogP contribution in [0.5, 0.6) is 0 Å². The molecule has 0 bridgehead atoms. The highest BCUT2D eigenvalue weighted by Crippen LogP contribution is 2.33. The molecule has 1 aliphatic rings. The van der Waals surface area contributed by atoms with Gasteiger partial charge in [-0.05, 0) is 43.9 Å². The molecule has 102 valence electrons. The fraction of sp³-hybridized carbons (Fsp3) is 0.429. The number of fused-ring (bicyclic) bond motifs is 1. The summed E-state index contributed by atoms with van der Waals surface area (Å²) in [5.41, 5.74) is 1.28. The van der Waals surface area contributed by atoms with Crippen molar-refractivity contribution in [2.45, 2.75) is 26.2 Å². The predicted molar refractivity (Wildman–Crippen MR) is 68.8 cm³/mol. The van der Waals surface area contributed by atoms with E-state index in [1.54, 1.807) is 6.92 Å². The average Bonchev–Trinajstić information content (AvgIpc) is 2.60. The van der Waals surface area contributed by atoms with E-state index in [0.717, 1.165) is 12.5 Å². The van der Waals surface area contributed by atoms with E-state index in [4.69, 9.17) is 5.11 Å². The molecule has 2 rings (SSSR count). The number of carbonyl (C=O) groups excluding carboxylic acids is 2. The van der Waals surface area contributed by atoms with Gasteiger partial charge in [-0.15, -0.1) is 0 Å². The Morgan fingerprint density at radius 3 is 2.63 bits per heavy atom. The van der Waals surface area contributed by atoms with Crippen molar-refractivity contribution in [1.29, 1.82) is 0 Å². The zero-order valence-electron chi connectivity index (χ0n) is 10.8. The lowest BCUT2D eigenvalue weighted by molar-refractivity contribution is -0.114. The molecule has 5 heteroatoms. The summed E-state index contributed by atoms with van der Waals surface area (Å²) in [6, 6.07) is 2.45. The molecule has 0 fully saturated rings. The first-order chi connectivity index (χ1) is 9.06. The molecule has 1 heterocycles. The lowest BCUT2D eigenvalue weighted by atomic mass is 10.1. The van der Waals surface area contributed by atoms with Crippen LogP contribution in [0.15, 0.2) is 12.1 Å². The van der Waals surface area contributed by atoms with Gasteiger partial charge in [-0.3, -0.25) is 9.59 Å². The van der Waals surface area contributed by atoms with Crippen molar-refractivity contribution in [3.05, 3.63) is 29.1 Å². The molecule has 0 saturated carbocycles. The maximum absolute atomic E-state index is 13.3. The van der Waals surface area contributed by atoms with Crippen LogP contribution in [0.25, 0.3) is 0 Å². The molecule has 0 radical (unpaired) electrons. The number of hydrogen-bond donors (Lipinski definition) is 1. The maximum atomic E-state index is 13.3. The second kappa shape index (κ2) is 5.48. The van der Waals surface area contributed by atoms with Crippen molar-refractivity contribution in [2.24, 2.45) is 0 Å². The van der Waals surface area contributed by atoms with Gasteiger partial charge in [-0.1, -0.05) is 0 Å². The largest absolute Gasteiger partial charge is 0.396 e. The van der Waals surface area contributed by atoms with Crippen molar-refractivity contribution in [3.8, 4) is 0 Å². The van der Waals surface area contributed by atoms with Crippen LogP contribution in [0.1, 0.15) is 35.2 Å². The quantitative estimate of drug-likeness (QED) is 0.652. The van der Waals surface area contributed by atoms with Crippen molar-refractivity contribution in [3.63, 3.8) is 0 Å². The van der Waals surface area contributed by atoms with Crippen molar-refractivity contribution in [2.75, 3.05) is 18.1 Å². The van der Waals surface area contributed by atoms with E-state index in [9.17, 15) is 14.0 Å². The van der Waals surface area contributed by atoms with E-state index < -0.39 is 17.5 Å². The smallest absolute Gasteiger partial charge is 0.299 e. The average molecular weight is 265 g/mol. The summed E-state index contributed by atoms with van der Waals surface area (Å²) in [7, 11) is 0. The number of nitrogens with zero attached hydrogens (tertiary/aromatic N) is 1. The van der Waals surface area contributed by atoms with Gasteiger partial charge >= 0.3 is 0 Å². The van der Waals surface area contributed by atoms with Crippen molar-refractivity contribution < 1.29 is 19.1 Å². The summed E-state index contributed by atoms with van der Waals surface area (Å²) >= 11 is 0. The number of halogens is 1. The van der Waals surface area contributed by atoms with Crippen LogP contribution >= 0.6 is 0 Å². The molecular formula is C14H16FNO3. The summed E-state index contributed by atoms with van der Waals surface area (Å²) in [6.07, 6.45) is 2.16. The van der Waals surface area contributed by atoms with E-state index in [0.29, 0.717) is 30.6 Å². The number of unbranched alkanes of at least 4 members (excludes halogenated alkanes) is 2. The highest BCUT2D eigenvalue weighted by molar-refractivity contribution is 6.52. The SMILES string of the molecule is Cc1cc(F)cc2c1N(CCCCCO)C(=O)C2=O. The van der Waals surface area contributed by atoms with Crippen LogP contribution in [0.2, 0.25) is 0 Å². The summed E-state index contributed by atoms with van der Waals surface area (Å²) in [5.74, 6) is -1.73. The molecule has 0 saturated heterocycles. The molecule has 1 aliphatic heterocycles. The number of Topliss-reactive ketones (excluding diaryl/α,β-unsaturated/α-hetero) is 1. The predicted octanol–water partition coefficient (Wildman–Crippen LogP) is 1.83. The van der Waals surface area contributed by atoms with E-state index in [1.165, 1.54) is 11.0 Å². The molecule has 0 aliphatic carbocycles. The Hall–Kier alpha value is -1.75. The van der Waals surface area contributed by atoms with Gasteiger partial charge in [-0.2, -0.15) is 0 Å². The van der Waals surface area contributed by atoms with E-state index in [1.807, 2.05) is 0 Å². The number of aliphatic hydroxyl groups is 1. The Bertz CT molecular complexity index is 528. The number of aliphatic hydroxyl groups excluding tert-OH is 1. The first-order valence-corrected chi connectivity index (χ1v) is 6.33. The van der Waals surface area contributed by atoms with Gasteiger partial charge in [0.25, 0.3) is 11.7 Å². The van der Waals surface area contributed by atoms with Crippen LogP contribution < -0.4 is 4.90 Å². The first kappa shape index (κ1) is 13.7. The number of amides is 1. The molecule has 0 aromatic heterocycles. The fourth-order valence-electron chi connectivity index (χ4n) is 2.38. The minimum Gasteiger partial charge on any atom is -0.396 e. The van der Waals surface area contributed by atoms with Gasteiger partial charge < -0.3 is 10.0 Å². The zero-order chi connectivity index (χ0) is 14.0. The molecular weight excluding hydrogens is 249 g/mol. The molecule has 1 aromatic rings. The van der Waals surface area contributed by atoms with E-state index in [-0.39, 0.29) is 12.2 Å². The highest BCUT2D eigenvalue weighted by Gasteiger charge is 2.36. The lowest BCUT2D eigenvalue weighted by Gasteiger charge is -2.18. The summed E-state index contributed by atoms with van der Waals surface area (Å²) < 4.78 is 13.3. The molecule has 19 heavy (non-hydrogen) atoms. The number of aryl methyl sites for hydroxylation is 1. The van der Waals surface area contributed by atoms with Gasteiger partial charge in [0, 0.05) is 13.2 Å². The number of carbonyl (C=O) groups is 2. The van der Waals surface area contributed by atoms with Crippen LogP contribution in [0, 0.1) is 12.7 Å². The number of benzene rings is 1. The fourth-order valence-corrected chi connectivity index (χ4v) is 2.38. The maximum Gasteiger partial charge on any atom is 0.299 e. The van der Waals surface area contributed by atoms with Crippen molar-refractivity contribution >= 4 is 17.4 Å². The normalized spacial score (nSPS) is 14.2. The third kappa shape index (κ3) is 2.51. The standard InChI is InChI=1S/C14H16FNO3/c1-9-7-10(15)8-11-12(9)16(14(19)13(11)18)5-3-2-4-6-17/h7-8,17H,2-6H2,1H3. The number of anilines is 1. The Balaban J connectivity index is 2.23. The van der Waals surface area contributed by atoms with Crippen LogP contribution in [-0.2, 0) is 4.79 Å². The van der Waals surface area contributed by atoms with Gasteiger partial charge in [0.15, 0.2) is 0 Å².